The second-order valence-corrected chi connectivity index (χ2v) is 6.86. The SMILES string of the molecule is CCNC(=O)CC(SCCC(=O)C(C)C)C(=O)NC(C)C.[HH].[HH]. The number of nitrogens with one attached hydrogen (secondary N) is 2. The Bertz CT molecular complexity index is 367. The van der Waals surface area contributed by atoms with Crippen molar-refractivity contribution in [3.05, 3.63) is 0 Å². The maximum atomic E-state index is 12.1. The van der Waals surface area contributed by atoms with Crippen molar-refractivity contribution < 1.29 is 17.2 Å². The lowest BCUT2D eigenvalue weighted by Crippen LogP contribution is -2.40. The van der Waals surface area contributed by atoms with E-state index in [0.717, 1.165) is 0 Å². The van der Waals surface area contributed by atoms with Crippen LogP contribution in [0.2, 0.25) is 0 Å². The van der Waals surface area contributed by atoms with E-state index in [9.17, 15) is 14.4 Å². The van der Waals surface area contributed by atoms with Crippen LogP contribution in [0.25, 0.3) is 0 Å². The van der Waals surface area contributed by atoms with Gasteiger partial charge in [-0.2, -0.15) is 0 Å². The van der Waals surface area contributed by atoms with Crippen molar-refractivity contribution in [1.29, 1.82) is 0 Å². The van der Waals surface area contributed by atoms with Crippen LogP contribution < -0.4 is 10.6 Å². The fourth-order valence-corrected chi connectivity index (χ4v) is 2.73. The van der Waals surface area contributed by atoms with E-state index in [2.05, 4.69) is 10.6 Å². The molecule has 5 nitrogen and oxygen atoms in total. The summed E-state index contributed by atoms with van der Waals surface area (Å²) in [7, 11) is 0. The normalized spacial score (nSPS) is 12.3. The van der Waals surface area contributed by atoms with Gasteiger partial charge in [-0.25, -0.2) is 0 Å². The Morgan fingerprint density at radius 2 is 1.76 bits per heavy atom. The highest BCUT2D eigenvalue weighted by molar-refractivity contribution is 8.00. The molecule has 0 aromatic rings. The Hall–Kier alpha value is -1.04. The molecule has 1 unspecified atom stereocenters. The molecule has 0 spiro atoms. The summed E-state index contributed by atoms with van der Waals surface area (Å²) >= 11 is 1.38. The van der Waals surface area contributed by atoms with Crippen LogP contribution in [0.4, 0.5) is 0 Å². The molecule has 6 heteroatoms. The topological polar surface area (TPSA) is 75.3 Å². The molecule has 0 aliphatic carbocycles. The zero-order valence-electron chi connectivity index (χ0n) is 13.7. The van der Waals surface area contributed by atoms with Crippen LogP contribution in [0, 0.1) is 5.92 Å². The molecule has 126 valence electrons. The van der Waals surface area contributed by atoms with Crippen LogP contribution in [0.15, 0.2) is 0 Å². The van der Waals surface area contributed by atoms with Gasteiger partial charge >= 0.3 is 0 Å². The van der Waals surface area contributed by atoms with E-state index in [1.807, 2.05) is 34.6 Å². The number of rotatable bonds is 10. The molecule has 0 fully saturated rings. The Labute approximate surface area is 135 Å². The van der Waals surface area contributed by atoms with E-state index < -0.39 is 5.25 Å². The molecule has 0 saturated carbocycles. The molecule has 0 aliphatic rings. The van der Waals surface area contributed by atoms with Gasteiger partial charge in [0.05, 0.1) is 5.25 Å². The molecular formula is C15H32N2O3S. The Morgan fingerprint density at radius 3 is 2.24 bits per heavy atom. The van der Waals surface area contributed by atoms with Crippen LogP contribution in [0.5, 0.6) is 0 Å². The van der Waals surface area contributed by atoms with Gasteiger partial charge in [0.25, 0.3) is 0 Å². The predicted octanol–water partition coefficient (Wildman–Crippen LogP) is 2.25. The van der Waals surface area contributed by atoms with E-state index in [-0.39, 0.29) is 38.8 Å². The number of carbonyl (C=O) groups is 3. The molecule has 21 heavy (non-hydrogen) atoms. The highest BCUT2D eigenvalue weighted by atomic mass is 32.2. The van der Waals surface area contributed by atoms with Gasteiger partial charge in [0.2, 0.25) is 11.8 Å². The van der Waals surface area contributed by atoms with Crippen molar-refractivity contribution in [2.75, 3.05) is 12.3 Å². The monoisotopic (exact) mass is 320 g/mol. The summed E-state index contributed by atoms with van der Waals surface area (Å²) in [6.45, 7) is 9.89. The number of thioether (sulfide) groups is 1. The number of ketones is 1. The molecule has 0 bridgehead atoms. The van der Waals surface area contributed by atoms with Crippen molar-refractivity contribution in [1.82, 2.24) is 10.6 Å². The average Bonchev–Trinajstić information content (AvgIpc) is 2.36. The van der Waals surface area contributed by atoms with Gasteiger partial charge in [0.15, 0.2) is 0 Å². The summed E-state index contributed by atoms with van der Waals surface area (Å²) in [5.41, 5.74) is 0. The molecule has 0 saturated heterocycles. The van der Waals surface area contributed by atoms with Gasteiger partial charge < -0.3 is 10.6 Å². The fourth-order valence-electron chi connectivity index (χ4n) is 1.63. The minimum absolute atomic E-state index is 0. The van der Waals surface area contributed by atoms with Crippen LogP contribution in [0.1, 0.15) is 50.3 Å². The number of carbonyl (C=O) groups excluding carboxylic acids is 3. The third-order valence-electron chi connectivity index (χ3n) is 2.78. The standard InChI is InChI=1S/C15H28N2O3S.2H2/c1-6-16-14(19)9-13(15(20)17-11(4)5)21-8-7-12(18)10(2)3;;/h10-11,13H,6-9H2,1-5H3,(H,16,19)(H,17,20);2*1H. The lowest BCUT2D eigenvalue weighted by atomic mass is 10.1. The molecule has 0 rings (SSSR count). The van der Waals surface area contributed by atoms with E-state index in [1.54, 1.807) is 0 Å². The summed E-state index contributed by atoms with van der Waals surface area (Å²) in [5.74, 6) is 0.481. The summed E-state index contributed by atoms with van der Waals surface area (Å²) < 4.78 is 0. The van der Waals surface area contributed by atoms with Gasteiger partial charge in [-0.1, -0.05) is 13.8 Å². The molecule has 0 aromatic carbocycles. The Morgan fingerprint density at radius 1 is 1.14 bits per heavy atom. The molecule has 2 N–H and O–H groups in total. The molecular weight excluding hydrogens is 288 g/mol. The molecule has 0 aliphatic heterocycles. The van der Waals surface area contributed by atoms with Crippen LogP contribution in [-0.2, 0) is 14.4 Å². The predicted molar refractivity (Wildman–Crippen MR) is 91.5 cm³/mol. The third kappa shape index (κ3) is 9.50. The first-order chi connectivity index (χ1) is 9.77. The number of hydrogen-bond acceptors (Lipinski definition) is 4. The third-order valence-corrected chi connectivity index (χ3v) is 4.00. The number of amides is 2. The highest BCUT2D eigenvalue weighted by Gasteiger charge is 2.23. The second kappa shape index (κ2) is 10.7. The number of hydrogen-bond donors (Lipinski definition) is 2. The lowest BCUT2D eigenvalue weighted by molar-refractivity contribution is -0.126. The summed E-state index contributed by atoms with van der Waals surface area (Å²) in [6.07, 6.45) is 0.579. The van der Waals surface area contributed by atoms with Crippen molar-refractivity contribution in [2.45, 2.75) is 58.8 Å². The second-order valence-electron chi connectivity index (χ2n) is 5.55. The zero-order valence-corrected chi connectivity index (χ0v) is 14.5. The average molecular weight is 320 g/mol. The highest BCUT2D eigenvalue weighted by Crippen LogP contribution is 2.17. The largest absolute Gasteiger partial charge is 0.356 e. The van der Waals surface area contributed by atoms with Gasteiger partial charge in [0.1, 0.15) is 5.78 Å². The Balaban J connectivity index is -0.00000200. The quantitative estimate of drug-likeness (QED) is 0.647. The molecule has 0 heterocycles. The van der Waals surface area contributed by atoms with Gasteiger partial charge in [-0.3, -0.25) is 14.4 Å². The Kier molecular flexibility index (Phi) is 10.1. The molecule has 0 aromatic heterocycles. The first kappa shape index (κ1) is 20.0. The maximum absolute atomic E-state index is 12.1. The van der Waals surface area contributed by atoms with Gasteiger partial charge in [-0.05, 0) is 20.8 Å². The fraction of sp³-hybridized carbons (Fsp3) is 0.800. The van der Waals surface area contributed by atoms with Crippen molar-refractivity contribution >= 4 is 29.4 Å². The summed E-state index contributed by atoms with van der Waals surface area (Å²) in [5, 5.41) is 5.08. The molecule has 0 radical (unpaired) electrons. The van der Waals surface area contributed by atoms with Crippen LogP contribution in [0.3, 0.4) is 0 Å². The molecule has 1 atom stereocenters. The van der Waals surface area contributed by atoms with Crippen molar-refractivity contribution in [2.24, 2.45) is 5.92 Å². The van der Waals surface area contributed by atoms with E-state index in [1.165, 1.54) is 11.8 Å². The summed E-state index contributed by atoms with van der Waals surface area (Å²) in [4.78, 5) is 35.4. The lowest BCUT2D eigenvalue weighted by Gasteiger charge is -2.18. The van der Waals surface area contributed by atoms with E-state index in [0.29, 0.717) is 18.7 Å². The molecule has 2 amide bonds. The zero-order chi connectivity index (χ0) is 16.4. The van der Waals surface area contributed by atoms with Crippen LogP contribution in [-0.4, -0.2) is 41.2 Å². The minimum Gasteiger partial charge on any atom is -0.356 e. The minimum atomic E-state index is -0.445. The van der Waals surface area contributed by atoms with Gasteiger partial charge in [-0.15, -0.1) is 11.8 Å². The van der Waals surface area contributed by atoms with Crippen LogP contribution >= 0.6 is 11.8 Å². The van der Waals surface area contributed by atoms with Gasteiger partial charge in [0, 0.05) is 40.0 Å². The first-order valence-corrected chi connectivity index (χ1v) is 8.54. The van der Waals surface area contributed by atoms with E-state index in [4.69, 9.17) is 0 Å². The smallest absolute Gasteiger partial charge is 0.233 e. The first-order valence-electron chi connectivity index (χ1n) is 7.49. The van der Waals surface area contributed by atoms with Crippen molar-refractivity contribution in [3.63, 3.8) is 0 Å². The van der Waals surface area contributed by atoms with Crippen molar-refractivity contribution in [3.8, 4) is 0 Å². The summed E-state index contributed by atoms with van der Waals surface area (Å²) in [6, 6.07) is 0.0344. The maximum Gasteiger partial charge on any atom is 0.233 e. The van der Waals surface area contributed by atoms with E-state index >= 15 is 0 Å². The number of Topliss-reactive ketones (excluding diaryl/α,β-unsaturated/α-hetero) is 1.